The Kier molecular flexibility index (Phi) is 4.09. The molecule has 2 aromatic carbocycles. The topological polar surface area (TPSA) is 55.6 Å². The number of aryl methyl sites for hydroxylation is 3. The van der Waals surface area contributed by atoms with Gasteiger partial charge in [-0.25, -0.2) is 14.6 Å². The van der Waals surface area contributed by atoms with Crippen molar-refractivity contribution in [3.8, 4) is 5.69 Å². The number of halogens is 1. The van der Waals surface area contributed by atoms with Crippen LogP contribution in [0.1, 0.15) is 16.7 Å². The van der Waals surface area contributed by atoms with Crippen molar-refractivity contribution in [2.45, 2.75) is 20.8 Å². The molecule has 2 aromatic heterocycles. The summed E-state index contributed by atoms with van der Waals surface area (Å²) in [5.41, 5.74) is 6.09. The predicted molar refractivity (Wildman–Crippen MR) is 106 cm³/mol. The van der Waals surface area contributed by atoms with Gasteiger partial charge in [-0.1, -0.05) is 23.7 Å². The van der Waals surface area contributed by atoms with Crippen LogP contribution in [0.15, 0.2) is 48.9 Å². The lowest BCUT2D eigenvalue weighted by Gasteiger charge is -2.09. The van der Waals surface area contributed by atoms with Crippen molar-refractivity contribution in [3.63, 3.8) is 0 Å². The molecule has 0 aliphatic rings. The lowest BCUT2D eigenvalue weighted by Crippen LogP contribution is -2.00. The fourth-order valence-electron chi connectivity index (χ4n) is 2.80. The van der Waals surface area contributed by atoms with Gasteiger partial charge in [0.1, 0.15) is 12.1 Å². The maximum absolute atomic E-state index is 6.26. The van der Waals surface area contributed by atoms with Crippen LogP contribution in [0.2, 0.25) is 5.02 Å². The molecule has 1 N–H and O–H groups in total. The average molecular weight is 364 g/mol. The van der Waals surface area contributed by atoms with Crippen LogP contribution in [0.25, 0.3) is 16.7 Å². The van der Waals surface area contributed by atoms with Gasteiger partial charge in [-0.3, -0.25) is 0 Å². The monoisotopic (exact) mass is 363 g/mol. The summed E-state index contributed by atoms with van der Waals surface area (Å²) in [7, 11) is 0. The minimum absolute atomic E-state index is 0.702. The van der Waals surface area contributed by atoms with Gasteiger partial charge >= 0.3 is 0 Å². The first-order valence-corrected chi connectivity index (χ1v) is 8.70. The van der Waals surface area contributed by atoms with Gasteiger partial charge in [0.15, 0.2) is 5.65 Å². The Morgan fingerprint density at radius 3 is 2.50 bits per heavy atom. The molecule has 0 unspecified atom stereocenters. The standard InChI is InChI=1S/C20H18ClN5/c1-12-4-6-15(8-14(12)3)25-19-17-10-24-26(20(17)23-11-22-19)16-7-5-13(2)18(21)9-16/h4-11H,1-3H3,(H,22,23,25). The van der Waals surface area contributed by atoms with Crippen molar-refractivity contribution in [2.75, 3.05) is 5.32 Å². The Morgan fingerprint density at radius 2 is 1.73 bits per heavy atom. The third-order valence-corrected chi connectivity index (χ3v) is 4.94. The molecule has 0 atom stereocenters. The second kappa shape index (κ2) is 6.42. The second-order valence-electron chi connectivity index (χ2n) is 6.37. The van der Waals surface area contributed by atoms with Crippen molar-refractivity contribution in [1.82, 2.24) is 19.7 Å². The van der Waals surface area contributed by atoms with Crippen LogP contribution in [0, 0.1) is 20.8 Å². The highest BCUT2D eigenvalue weighted by Crippen LogP contribution is 2.27. The van der Waals surface area contributed by atoms with Crippen LogP contribution >= 0.6 is 11.6 Å². The number of nitrogens with zero attached hydrogens (tertiary/aromatic N) is 4. The zero-order valence-corrected chi connectivity index (χ0v) is 15.5. The van der Waals surface area contributed by atoms with Crippen LogP contribution in [0.4, 0.5) is 11.5 Å². The lowest BCUT2D eigenvalue weighted by atomic mass is 10.1. The van der Waals surface area contributed by atoms with Crippen LogP contribution in [0.3, 0.4) is 0 Å². The zero-order chi connectivity index (χ0) is 18.3. The molecule has 130 valence electrons. The summed E-state index contributed by atoms with van der Waals surface area (Å²) in [6.07, 6.45) is 3.31. The number of anilines is 2. The molecule has 2 heterocycles. The van der Waals surface area contributed by atoms with E-state index in [1.807, 2.05) is 31.2 Å². The van der Waals surface area contributed by atoms with Crippen LogP contribution < -0.4 is 5.32 Å². The van der Waals surface area contributed by atoms with Gasteiger partial charge < -0.3 is 5.32 Å². The third kappa shape index (κ3) is 2.91. The van der Waals surface area contributed by atoms with E-state index in [2.05, 4.69) is 46.4 Å². The van der Waals surface area contributed by atoms with E-state index in [4.69, 9.17) is 11.6 Å². The van der Waals surface area contributed by atoms with Crippen molar-refractivity contribution < 1.29 is 0 Å². The summed E-state index contributed by atoms with van der Waals surface area (Å²) in [5.74, 6) is 0.725. The van der Waals surface area contributed by atoms with Crippen LogP contribution in [0.5, 0.6) is 0 Å². The summed E-state index contributed by atoms with van der Waals surface area (Å²) < 4.78 is 1.77. The van der Waals surface area contributed by atoms with Crippen molar-refractivity contribution in [2.24, 2.45) is 0 Å². The van der Waals surface area contributed by atoms with E-state index in [-0.39, 0.29) is 0 Å². The molecule has 5 nitrogen and oxygen atoms in total. The quantitative estimate of drug-likeness (QED) is 0.547. The van der Waals surface area contributed by atoms with E-state index in [9.17, 15) is 0 Å². The molecule has 0 spiro atoms. The molecule has 4 aromatic rings. The molecule has 0 amide bonds. The number of rotatable bonds is 3. The number of nitrogens with one attached hydrogen (secondary N) is 1. The molecular formula is C20H18ClN5. The van der Waals surface area contributed by atoms with E-state index in [1.165, 1.54) is 11.1 Å². The highest BCUT2D eigenvalue weighted by Gasteiger charge is 2.12. The highest BCUT2D eigenvalue weighted by molar-refractivity contribution is 6.31. The number of hydrogen-bond donors (Lipinski definition) is 1. The number of hydrogen-bond acceptors (Lipinski definition) is 4. The molecule has 0 saturated heterocycles. The molecule has 0 saturated carbocycles. The summed E-state index contributed by atoms with van der Waals surface area (Å²) >= 11 is 6.26. The normalized spacial score (nSPS) is 11.1. The second-order valence-corrected chi connectivity index (χ2v) is 6.78. The van der Waals surface area contributed by atoms with E-state index in [0.29, 0.717) is 5.02 Å². The largest absolute Gasteiger partial charge is 0.340 e. The summed E-state index contributed by atoms with van der Waals surface area (Å²) in [6, 6.07) is 12.1. The number of aromatic nitrogens is 4. The van der Waals surface area contributed by atoms with Gasteiger partial charge in [0.05, 0.1) is 17.3 Å². The zero-order valence-electron chi connectivity index (χ0n) is 14.8. The Morgan fingerprint density at radius 1 is 0.923 bits per heavy atom. The minimum atomic E-state index is 0.702. The molecular weight excluding hydrogens is 346 g/mol. The van der Waals surface area contributed by atoms with Gasteiger partial charge in [-0.05, 0) is 61.7 Å². The maximum atomic E-state index is 6.26. The van der Waals surface area contributed by atoms with Crippen molar-refractivity contribution in [3.05, 3.63) is 70.6 Å². The smallest absolute Gasteiger partial charge is 0.168 e. The average Bonchev–Trinajstić information content (AvgIpc) is 3.06. The van der Waals surface area contributed by atoms with Crippen LogP contribution in [-0.4, -0.2) is 19.7 Å². The van der Waals surface area contributed by atoms with Gasteiger partial charge in [0, 0.05) is 10.7 Å². The lowest BCUT2D eigenvalue weighted by molar-refractivity contribution is 0.894. The molecule has 0 radical (unpaired) electrons. The van der Waals surface area contributed by atoms with Crippen molar-refractivity contribution >= 4 is 34.1 Å². The first-order valence-electron chi connectivity index (χ1n) is 8.32. The number of fused-ring (bicyclic) bond motifs is 1. The first-order chi connectivity index (χ1) is 12.5. The molecule has 0 bridgehead atoms. The van der Waals surface area contributed by atoms with Crippen molar-refractivity contribution in [1.29, 1.82) is 0 Å². The molecule has 4 rings (SSSR count). The Hall–Kier alpha value is -2.92. The molecule has 0 aliphatic carbocycles. The predicted octanol–water partition coefficient (Wildman–Crippen LogP) is 5.14. The molecule has 26 heavy (non-hydrogen) atoms. The van der Waals surface area contributed by atoms with Gasteiger partial charge in [-0.2, -0.15) is 5.10 Å². The van der Waals surface area contributed by atoms with Gasteiger partial charge in [0.2, 0.25) is 0 Å². The fourth-order valence-corrected chi connectivity index (χ4v) is 2.98. The third-order valence-electron chi connectivity index (χ3n) is 4.54. The maximum Gasteiger partial charge on any atom is 0.168 e. The van der Waals surface area contributed by atoms with Crippen LogP contribution in [-0.2, 0) is 0 Å². The van der Waals surface area contributed by atoms with Gasteiger partial charge in [-0.15, -0.1) is 0 Å². The Balaban J connectivity index is 1.77. The first kappa shape index (κ1) is 16.5. The molecule has 0 aliphatic heterocycles. The highest BCUT2D eigenvalue weighted by atomic mass is 35.5. The SMILES string of the molecule is Cc1ccc(Nc2ncnc3c2cnn3-c2ccc(C)c(Cl)c2)cc1C. The number of benzene rings is 2. The Bertz CT molecular complexity index is 1120. The molecule has 0 fully saturated rings. The van der Waals surface area contributed by atoms with E-state index in [1.54, 1.807) is 17.2 Å². The fraction of sp³-hybridized carbons (Fsp3) is 0.150. The molecule has 6 heteroatoms. The van der Waals surface area contributed by atoms with E-state index >= 15 is 0 Å². The Labute approximate surface area is 156 Å². The van der Waals surface area contributed by atoms with Gasteiger partial charge in [0.25, 0.3) is 0 Å². The summed E-state index contributed by atoms with van der Waals surface area (Å²) in [4.78, 5) is 8.80. The van der Waals surface area contributed by atoms with E-state index < -0.39 is 0 Å². The summed E-state index contributed by atoms with van der Waals surface area (Å²) in [5, 5.41) is 9.41. The van der Waals surface area contributed by atoms with E-state index in [0.717, 1.165) is 33.8 Å². The summed E-state index contributed by atoms with van der Waals surface area (Å²) in [6.45, 7) is 6.16. The minimum Gasteiger partial charge on any atom is -0.340 e.